The fraction of sp³-hybridized carbons (Fsp3) is 0.526. The average molecular weight is 341 g/mol. The van der Waals surface area contributed by atoms with Crippen LogP contribution < -0.4 is 0 Å². The Morgan fingerprint density at radius 1 is 1.46 bits per heavy atom. The van der Waals surface area contributed by atoms with Crippen LogP contribution in [-0.4, -0.2) is 33.9 Å². The second kappa shape index (κ2) is 6.63. The lowest BCUT2D eigenvalue weighted by molar-refractivity contribution is -0.133. The van der Waals surface area contributed by atoms with Crippen LogP contribution in [0, 0.1) is 5.92 Å². The monoisotopic (exact) mass is 341 g/mol. The van der Waals surface area contributed by atoms with Gasteiger partial charge < -0.3 is 4.90 Å². The van der Waals surface area contributed by atoms with E-state index in [1.54, 1.807) is 17.5 Å². The molecule has 0 unspecified atom stereocenters. The molecule has 3 atom stereocenters. The SMILES string of the molecule is CCc1csc([C@@H]2CCCN(C(=O)[C@H]3C[C@H]3c3cccnc3)C2)n1. The van der Waals surface area contributed by atoms with Gasteiger partial charge in [-0.05, 0) is 43.2 Å². The van der Waals surface area contributed by atoms with Gasteiger partial charge in [-0.25, -0.2) is 4.98 Å². The molecule has 0 spiro atoms. The molecule has 3 heterocycles. The van der Waals surface area contributed by atoms with Crippen molar-refractivity contribution in [1.82, 2.24) is 14.9 Å². The van der Waals surface area contributed by atoms with Crippen molar-refractivity contribution in [2.24, 2.45) is 5.92 Å². The Morgan fingerprint density at radius 2 is 2.38 bits per heavy atom. The molecular formula is C19H23N3OS. The maximum Gasteiger partial charge on any atom is 0.226 e. The molecule has 0 aromatic carbocycles. The Balaban J connectivity index is 1.40. The number of aryl methyl sites for hydroxylation is 1. The summed E-state index contributed by atoms with van der Waals surface area (Å²) in [6.45, 7) is 3.88. The molecule has 2 aromatic heterocycles. The minimum Gasteiger partial charge on any atom is -0.342 e. The van der Waals surface area contributed by atoms with Crippen molar-refractivity contribution < 1.29 is 4.79 Å². The third kappa shape index (κ3) is 3.09. The van der Waals surface area contributed by atoms with Crippen molar-refractivity contribution in [2.45, 2.75) is 44.4 Å². The predicted molar refractivity (Wildman–Crippen MR) is 95.1 cm³/mol. The van der Waals surface area contributed by atoms with Crippen molar-refractivity contribution in [1.29, 1.82) is 0 Å². The highest BCUT2D eigenvalue weighted by Gasteiger charge is 2.46. The van der Waals surface area contributed by atoms with Gasteiger partial charge in [0.05, 0.1) is 10.7 Å². The highest BCUT2D eigenvalue weighted by Crippen LogP contribution is 2.48. The predicted octanol–water partition coefficient (Wildman–Crippen LogP) is 3.61. The number of rotatable bonds is 4. The lowest BCUT2D eigenvalue weighted by atomic mass is 9.98. The molecule has 0 radical (unpaired) electrons. The van der Waals surface area contributed by atoms with Crippen LogP contribution in [0.15, 0.2) is 29.9 Å². The minimum absolute atomic E-state index is 0.162. The molecule has 2 aliphatic rings. The Labute approximate surface area is 146 Å². The number of carbonyl (C=O) groups excluding carboxylic acids is 1. The topological polar surface area (TPSA) is 46.1 Å². The van der Waals surface area contributed by atoms with E-state index in [0.29, 0.717) is 17.7 Å². The largest absolute Gasteiger partial charge is 0.342 e. The number of likely N-dealkylation sites (tertiary alicyclic amines) is 1. The van der Waals surface area contributed by atoms with Crippen molar-refractivity contribution in [3.63, 3.8) is 0 Å². The molecule has 126 valence electrons. The molecule has 2 aromatic rings. The van der Waals surface area contributed by atoms with Gasteiger partial charge >= 0.3 is 0 Å². The van der Waals surface area contributed by atoms with E-state index in [0.717, 1.165) is 38.8 Å². The molecule has 1 amide bonds. The van der Waals surface area contributed by atoms with E-state index in [4.69, 9.17) is 4.98 Å². The Bertz CT molecular complexity index is 714. The summed E-state index contributed by atoms with van der Waals surface area (Å²) in [6.07, 6.45) is 7.89. The van der Waals surface area contributed by atoms with Gasteiger partial charge in [0.2, 0.25) is 5.91 Å². The number of nitrogens with zero attached hydrogens (tertiary/aromatic N) is 3. The number of piperidine rings is 1. The normalized spacial score (nSPS) is 26.4. The summed E-state index contributed by atoms with van der Waals surface area (Å²) >= 11 is 1.76. The van der Waals surface area contributed by atoms with Crippen LogP contribution in [0.5, 0.6) is 0 Å². The van der Waals surface area contributed by atoms with Gasteiger partial charge in [-0.1, -0.05) is 13.0 Å². The van der Waals surface area contributed by atoms with Crippen LogP contribution >= 0.6 is 11.3 Å². The molecule has 5 heteroatoms. The number of thiazole rings is 1. The molecule has 1 saturated carbocycles. The smallest absolute Gasteiger partial charge is 0.226 e. The molecular weight excluding hydrogens is 318 g/mol. The fourth-order valence-electron chi connectivity index (χ4n) is 3.72. The Kier molecular flexibility index (Phi) is 4.35. The number of aromatic nitrogens is 2. The van der Waals surface area contributed by atoms with Crippen LogP contribution in [0.4, 0.5) is 0 Å². The third-order valence-electron chi connectivity index (χ3n) is 5.23. The summed E-state index contributed by atoms with van der Waals surface area (Å²) in [6, 6.07) is 4.05. The Morgan fingerprint density at radius 3 is 3.12 bits per heavy atom. The highest BCUT2D eigenvalue weighted by atomic mass is 32.1. The number of amides is 1. The van der Waals surface area contributed by atoms with Crippen molar-refractivity contribution in [3.05, 3.63) is 46.2 Å². The first kappa shape index (κ1) is 15.8. The molecule has 0 bridgehead atoms. The molecule has 1 aliphatic carbocycles. The van der Waals surface area contributed by atoms with Crippen LogP contribution in [0.1, 0.15) is 54.3 Å². The number of pyridine rings is 1. The van der Waals surface area contributed by atoms with Crippen LogP contribution in [0.3, 0.4) is 0 Å². The number of carbonyl (C=O) groups is 1. The van der Waals surface area contributed by atoms with E-state index in [9.17, 15) is 4.79 Å². The lowest BCUT2D eigenvalue weighted by Crippen LogP contribution is -2.40. The molecule has 2 fully saturated rings. The molecule has 1 saturated heterocycles. The molecule has 4 rings (SSSR count). The molecule has 24 heavy (non-hydrogen) atoms. The zero-order chi connectivity index (χ0) is 16.5. The standard InChI is InChI=1S/C19H23N3OS/c1-2-15-12-24-18(21-15)14-6-4-8-22(11-14)19(23)17-9-16(17)13-5-3-7-20-10-13/h3,5,7,10,12,14,16-17H,2,4,6,8-9,11H2,1H3/t14-,16+,17+/m1/s1. The van der Waals surface area contributed by atoms with E-state index < -0.39 is 0 Å². The zero-order valence-corrected chi connectivity index (χ0v) is 14.8. The first-order valence-electron chi connectivity index (χ1n) is 8.89. The second-order valence-electron chi connectivity index (χ2n) is 6.89. The molecule has 0 N–H and O–H groups in total. The van der Waals surface area contributed by atoms with Gasteiger partial charge in [0, 0.05) is 42.7 Å². The van der Waals surface area contributed by atoms with E-state index in [-0.39, 0.29) is 5.92 Å². The molecule has 1 aliphatic heterocycles. The van der Waals surface area contributed by atoms with Crippen LogP contribution in [-0.2, 0) is 11.2 Å². The van der Waals surface area contributed by atoms with E-state index in [1.165, 1.54) is 16.3 Å². The third-order valence-corrected chi connectivity index (χ3v) is 6.29. The van der Waals surface area contributed by atoms with Crippen molar-refractivity contribution >= 4 is 17.2 Å². The first-order valence-corrected chi connectivity index (χ1v) is 9.77. The van der Waals surface area contributed by atoms with E-state index in [2.05, 4.69) is 28.3 Å². The minimum atomic E-state index is 0.162. The maximum absolute atomic E-state index is 12.9. The maximum atomic E-state index is 12.9. The highest BCUT2D eigenvalue weighted by molar-refractivity contribution is 7.09. The van der Waals surface area contributed by atoms with Gasteiger partial charge in [0.15, 0.2) is 0 Å². The van der Waals surface area contributed by atoms with Crippen LogP contribution in [0.2, 0.25) is 0 Å². The molecule has 4 nitrogen and oxygen atoms in total. The van der Waals surface area contributed by atoms with Gasteiger partial charge in [0.1, 0.15) is 0 Å². The van der Waals surface area contributed by atoms with Gasteiger partial charge in [-0.3, -0.25) is 9.78 Å². The zero-order valence-electron chi connectivity index (χ0n) is 14.0. The summed E-state index contributed by atoms with van der Waals surface area (Å²) in [5, 5.41) is 3.37. The second-order valence-corrected chi connectivity index (χ2v) is 7.78. The summed E-state index contributed by atoms with van der Waals surface area (Å²) in [7, 11) is 0. The fourth-order valence-corrected chi connectivity index (χ4v) is 4.75. The Hall–Kier alpha value is -1.75. The van der Waals surface area contributed by atoms with E-state index in [1.807, 2.05) is 12.3 Å². The van der Waals surface area contributed by atoms with E-state index >= 15 is 0 Å². The summed E-state index contributed by atoms with van der Waals surface area (Å²) in [5.41, 5.74) is 2.38. The van der Waals surface area contributed by atoms with Gasteiger partial charge in [-0.2, -0.15) is 0 Å². The van der Waals surface area contributed by atoms with Crippen molar-refractivity contribution in [3.8, 4) is 0 Å². The quantitative estimate of drug-likeness (QED) is 0.853. The number of hydrogen-bond acceptors (Lipinski definition) is 4. The van der Waals surface area contributed by atoms with Crippen molar-refractivity contribution in [2.75, 3.05) is 13.1 Å². The van der Waals surface area contributed by atoms with Gasteiger partial charge in [0.25, 0.3) is 0 Å². The van der Waals surface area contributed by atoms with Crippen LogP contribution in [0.25, 0.3) is 0 Å². The summed E-state index contributed by atoms with van der Waals surface area (Å²) < 4.78 is 0. The first-order chi connectivity index (χ1) is 11.8. The number of hydrogen-bond donors (Lipinski definition) is 0. The summed E-state index contributed by atoms with van der Waals surface area (Å²) in [4.78, 5) is 23.9. The lowest BCUT2D eigenvalue weighted by Gasteiger charge is -2.32. The average Bonchev–Trinajstić information content (AvgIpc) is 3.30. The van der Waals surface area contributed by atoms with Gasteiger partial charge in [-0.15, -0.1) is 11.3 Å². The summed E-state index contributed by atoms with van der Waals surface area (Å²) in [5.74, 6) is 1.29.